The van der Waals surface area contributed by atoms with Crippen LogP contribution in [0, 0.1) is 5.82 Å². The molecule has 2 aromatic rings. The molecule has 1 N–H and O–H groups in total. The number of halogens is 2. The van der Waals surface area contributed by atoms with E-state index in [1.165, 1.54) is 43.5 Å². The van der Waals surface area contributed by atoms with Crippen molar-refractivity contribution in [1.82, 2.24) is 10.2 Å². The van der Waals surface area contributed by atoms with E-state index in [1.54, 1.807) is 0 Å². The zero-order valence-electron chi connectivity index (χ0n) is 14.8. The van der Waals surface area contributed by atoms with Crippen LogP contribution in [0.15, 0.2) is 48.5 Å². The quantitative estimate of drug-likeness (QED) is 0.725. The lowest BCUT2D eigenvalue weighted by Crippen LogP contribution is -2.40. The Kier molecular flexibility index (Phi) is 6.78. The van der Waals surface area contributed by atoms with Crippen LogP contribution in [0.5, 0.6) is 0 Å². The molecule has 1 unspecified atom stereocenters. The number of benzene rings is 2. The summed E-state index contributed by atoms with van der Waals surface area (Å²) in [6.07, 6.45) is 3.65. The molecular formula is C21H24ClFN2O. The highest BCUT2D eigenvalue weighted by atomic mass is 35.5. The molecule has 1 aliphatic heterocycles. The highest BCUT2D eigenvalue weighted by Gasteiger charge is 2.24. The first-order chi connectivity index (χ1) is 12.6. The maximum Gasteiger partial charge on any atom is 0.176 e. The third kappa shape index (κ3) is 4.91. The molecule has 0 saturated carbocycles. The molecule has 1 fully saturated rings. The number of hydrogen-bond acceptors (Lipinski definition) is 3. The lowest BCUT2D eigenvalue weighted by Gasteiger charge is -2.35. The molecule has 1 saturated heterocycles. The first-order valence-electron chi connectivity index (χ1n) is 9.13. The Hall–Kier alpha value is -1.75. The van der Waals surface area contributed by atoms with Gasteiger partial charge in [0.05, 0.1) is 6.54 Å². The third-order valence-electron chi connectivity index (χ3n) is 4.89. The average molecular weight is 375 g/mol. The van der Waals surface area contributed by atoms with Gasteiger partial charge in [-0.2, -0.15) is 0 Å². The van der Waals surface area contributed by atoms with Crippen molar-refractivity contribution in [3.8, 4) is 0 Å². The molecule has 0 bridgehead atoms. The number of carbonyl (C=O) groups is 1. The van der Waals surface area contributed by atoms with Gasteiger partial charge in [-0.15, -0.1) is 0 Å². The molecule has 0 radical (unpaired) electrons. The molecule has 1 atom stereocenters. The van der Waals surface area contributed by atoms with Crippen LogP contribution in [0.1, 0.15) is 41.2 Å². The molecule has 1 heterocycles. The maximum atomic E-state index is 13.0. The van der Waals surface area contributed by atoms with Crippen molar-refractivity contribution in [3.05, 3.63) is 70.5 Å². The van der Waals surface area contributed by atoms with Crippen molar-refractivity contribution in [3.63, 3.8) is 0 Å². The maximum absolute atomic E-state index is 13.0. The number of likely N-dealkylation sites (tertiary alicyclic amines) is 1. The van der Waals surface area contributed by atoms with Gasteiger partial charge in [-0.3, -0.25) is 9.69 Å². The lowest BCUT2D eigenvalue weighted by atomic mass is 10.0. The number of rotatable bonds is 7. The van der Waals surface area contributed by atoms with E-state index in [4.69, 9.17) is 11.6 Å². The number of piperidine rings is 1. The van der Waals surface area contributed by atoms with Crippen molar-refractivity contribution < 1.29 is 9.18 Å². The summed E-state index contributed by atoms with van der Waals surface area (Å²) in [5.74, 6) is -0.375. The summed E-state index contributed by atoms with van der Waals surface area (Å²) in [5.41, 5.74) is 1.61. The minimum Gasteiger partial charge on any atom is -0.308 e. The van der Waals surface area contributed by atoms with E-state index in [1.807, 2.05) is 18.2 Å². The van der Waals surface area contributed by atoms with Gasteiger partial charge in [0.2, 0.25) is 0 Å². The van der Waals surface area contributed by atoms with E-state index in [0.29, 0.717) is 12.1 Å². The average Bonchev–Trinajstić information content (AvgIpc) is 2.67. The fourth-order valence-corrected chi connectivity index (χ4v) is 3.73. The smallest absolute Gasteiger partial charge is 0.176 e. The van der Waals surface area contributed by atoms with Gasteiger partial charge in [-0.05, 0) is 61.8 Å². The Morgan fingerprint density at radius 2 is 1.77 bits per heavy atom. The second kappa shape index (κ2) is 9.26. The predicted octanol–water partition coefficient (Wildman–Crippen LogP) is 4.48. The van der Waals surface area contributed by atoms with Crippen LogP contribution in [0.4, 0.5) is 4.39 Å². The summed E-state index contributed by atoms with van der Waals surface area (Å²) < 4.78 is 13.0. The van der Waals surface area contributed by atoms with Crippen molar-refractivity contribution in [2.75, 3.05) is 26.2 Å². The summed E-state index contributed by atoms with van der Waals surface area (Å²) in [6.45, 7) is 2.96. The van der Waals surface area contributed by atoms with E-state index in [-0.39, 0.29) is 24.2 Å². The molecule has 26 heavy (non-hydrogen) atoms. The van der Waals surface area contributed by atoms with Gasteiger partial charge in [-0.1, -0.05) is 36.2 Å². The van der Waals surface area contributed by atoms with Gasteiger partial charge in [-0.25, -0.2) is 4.39 Å². The second-order valence-electron chi connectivity index (χ2n) is 6.69. The fraction of sp³-hybridized carbons (Fsp3) is 0.381. The summed E-state index contributed by atoms with van der Waals surface area (Å²) in [4.78, 5) is 14.7. The molecule has 2 aromatic carbocycles. The zero-order valence-corrected chi connectivity index (χ0v) is 15.5. The van der Waals surface area contributed by atoms with Gasteiger partial charge in [0.25, 0.3) is 0 Å². The van der Waals surface area contributed by atoms with Gasteiger partial charge in [0.15, 0.2) is 5.78 Å². The number of hydrogen-bond donors (Lipinski definition) is 1. The van der Waals surface area contributed by atoms with Crippen LogP contribution in [0.25, 0.3) is 0 Å². The zero-order chi connectivity index (χ0) is 18.4. The standard InChI is InChI=1S/C21H24ClFN2O/c22-19-7-3-2-6-18(19)20(25-12-4-1-5-13-25)14-24-15-21(26)16-8-10-17(23)11-9-16/h2-3,6-11,20,24H,1,4-5,12-15H2. The van der Waals surface area contributed by atoms with Crippen molar-refractivity contribution >= 4 is 17.4 Å². The predicted molar refractivity (Wildman–Crippen MR) is 103 cm³/mol. The van der Waals surface area contributed by atoms with Crippen LogP contribution in [-0.4, -0.2) is 36.9 Å². The van der Waals surface area contributed by atoms with Crippen LogP contribution in [-0.2, 0) is 0 Å². The van der Waals surface area contributed by atoms with Gasteiger partial charge < -0.3 is 5.32 Å². The largest absolute Gasteiger partial charge is 0.308 e. The molecule has 0 aliphatic carbocycles. The summed E-state index contributed by atoms with van der Waals surface area (Å²) in [6, 6.07) is 13.7. The molecule has 0 aromatic heterocycles. The fourth-order valence-electron chi connectivity index (χ4n) is 3.47. The van der Waals surface area contributed by atoms with Crippen molar-refractivity contribution in [2.45, 2.75) is 25.3 Å². The van der Waals surface area contributed by atoms with Crippen LogP contribution in [0.3, 0.4) is 0 Å². The van der Waals surface area contributed by atoms with Gasteiger partial charge >= 0.3 is 0 Å². The normalized spacial score (nSPS) is 16.4. The minimum absolute atomic E-state index is 0.0402. The molecule has 3 rings (SSSR count). The van der Waals surface area contributed by atoms with Crippen molar-refractivity contribution in [2.24, 2.45) is 0 Å². The molecule has 0 amide bonds. The Morgan fingerprint density at radius 3 is 2.46 bits per heavy atom. The molecule has 5 heteroatoms. The van der Waals surface area contributed by atoms with Crippen LogP contribution in [0.2, 0.25) is 5.02 Å². The lowest BCUT2D eigenvalue weighted by molar-refractivity contribution is 0.0983. The number of ketones is 1. The van der Waals surface area contributed by atoms with Crippen LogP contribution >= 0.6 is 11.6 Å². The number of nitrogens with one attached hydrogen (secondary N) is 1. The number of Topliss-reactive ketones (excluding diaryl/α,β-unsaturated/α-hetero) is 1. The highest BCUT2D eigenvalue weighted by Crippen LogP contribution is 2.29. The molecule has 1 aliphatic rings. The SMILES string of the molecule is O=C(CNCC(c1ccccc1Cl)N1CCCCC1)c1ccc(F)cc1. The molecule has 3 nitrogen and oxygen atoms in total. The number of nitrogens with zero attached hydrogens (tertiary/aromatic N) is 1. The van der Waals surface area contributed by atoms with E-state index in [9.17, 15) is 9.18 Å². The Balaban J connectivity index is 1.65. The summed E-state index contributed by atoms with van der Waals surface area (Å²) in [7, 11) is 0. The first-order valence-corrected chi connectivity index (χ1v) is 9.51. The van der Waals surface area contributed by atoms with E-state index in [0.717, 1.165) is 23.7 Å². The Labute approximate surface area is 159 Å². The monoisotopic (exact) mass is 374 g/mol. The second-order valence-corrected chi connectivity index (χ2v) is 7.10. The Morgan fingerprint density at radius 1 is 1.08 bits per heavy atom. The topological polar surface area (TPSA) is 32.3 Å². The summed E-state index contributed by atoms with van der Waals surface area (Å²) in [5, 5.41) is 4.04. The molecule has 138 valence electrons. The molecule has 0 spiro atoms. The van der Waals surface area contributed by atoms with E-state index in [2.05, 4.69) is 16.3 Å². The van der Waals surface area contributed by atoms with E-state index >= 15 is 0 Å². The van der Waals surface area contributed by atoms with Gasteiger partial charge in [0, 0.05) is 23.2 Å². The molecular weight excluding hydrogens is 351 g/mol. The number of carbonyl (C=O) groups excluding carboxylic acids is 1. The van der Waals surface area contributed by atoms with Crippen molar-refractivity contribution in [1.29, 1.82) is 0 Å². The van der Waals surface area contributed by atoms with Crippen LogP contribution < -0.4 is 5.32 Å². The Bertz CT molecular complexity index is 729. The summed E-state index contributed by atoms with van der Waals surface area (Å²) >= 11 is 6.43. The van der Waals surface area contributed by atoms with Gasteiger partial charge in [0.1, 0.15) is 5.82 Å². The minimum atomic E-state index is -0.335. The third-order valence-corrected chi connectivity index (χ3v) is 5.23. The highest BCUT2D eigenvalue weighted by molar-refractivity contribution is 6.31. The van der Waals surface area contributed by atoms with E-state index < -0.39 is 0 Å². The first kappa shape index (κ1) is 19.0.